The minimum atomic E-state index is 0.771. The lowest BCUT2D eigenvalue weighted by atomic mass is 9.95. The summed E-state index contributed by atoms with van der Waals surface area (Å²) in [5.41, 5.74) is 7.68. The first kappa shape index (κ1) is 41.0. The minimum absolute atomic E-state index is 0.771. The van der Waals surface area contributed by atoms with Crippen molar-refractivity contribution < 1.29 is 0 Å². The standard InChI is InChI=1S/C68H44N2/c1-9-25-53-45(17-1)41-46-18-2-10-26-54(46)61(53)33-37-65-66(38-34-62-55-27-11-3-19-47(55)42-48-20-4-12-28-56(48)62)70-68(40-36-64-59-31-15-7-23-51(59)44-52-24-8-16-32-60(52)64)67(69-65)39-35-63-57-29-13-5-21-49(57)43-50-22-6-14-30-58(50)63/h1-44H/b37-33+,38-34+,39-35+,40-36+. The van der Waals surface area contributed by atoms with Crippen LogP contribution >= 0.6 is 0 Å². The molecule has 0 saturated carbocycles. The first-order chi connectivity index (χ1) is 34.7. The van der Waals surface area contributed by atoms with Crippen molar-refractivity contribution in [2.24, 2.45) is 0 Å². The average Bonchev–Trinajstić information content (AvgIpc) is 3.41. The summed E-state index contributed by atoms with van der Waals surface area (Å²) >= 11 is 0. The predicted molar refractivity (Wildman–Crippen MR) is 304 cm³/mol. The van der Waals surface area contributed by atoms with Crippen LogP contribution in [0.3, 0.4) is 0 Å². The van der Waals surface area contributed by atoms with Crippen molar-refractivity contribution >= 4 is 135 Å². The number of aromatic nitrogens is 2. The lowest BCUT2D eigenvalue weighted by Gasteiger charge is -2.12. The van der Waals surface area contributed by atoms with Crippen molar-refractivity contribution in [2.75, 3.05) is 0 Å². The molecule has 13 rings (SSSR count). The maximum atomic E-state index is 5.66. The molecule has 0 bridgehead atoms. The lowest BCUT2D eigenvalue weighted by molar-refractivity contribution is 1.12. The molecule has 0 unspecified atom stereocenters. The molecule has 1 heterocycles. The van der Waals surface area contributed by atoms with E-state index in [9.17, 15) is 0 Å². The van der Waals surface area contributed by atoms with Gasteiger partial charge in [-0.05, 0) is 157 Å². The summed E-state index contributed by atoms with van der Waals surface area (Å²) in [6, 6.07) is 78.3. The summed E-state index contributed by atoms with van der Waals surface area (Å²) in [5, 5.41) is 19.1. The Bertz CT molecular complexity index is 3580. The van der Waals surface area contributed by atoms with Crippen LogP contribution in [0, 0.1) is 0 Å². The van der Waals surface area contributed by atoms with E-state index in [4.69, 9.17) is 9.97 Å². The second-order valence-corrected chi connectivity index (χ2v) is 18.0. The molecule has 2 heteroatoms. The van der Waals surface area contributed by atoms with Crippen LogP contribution in [0.25, 0.3) is 135 Å². The van der Waals surface area contributed by atoms with Crippen molar-refractivity contribution in [3.05, 3.63) is 263 Å². The van der Waals surface area contributed by atoms with Gasteiger partial charge in [0.05, 0.1) is 22.8 Å². The molecule has 1 aromatic heterocycles. The van der Waals surface area contributed by atoms with Gasteiger partial charge < -0.3 is 0 Å². The highest BCUT2D eigenvalue weighted by Crippen LogP contribution is 2.35. The zero-order valence-corrected chi connectivity index (χ0v) is 38.3. The quantitative estimate of drug-likeness (QED) is 0.142. The van der Waals surface area contributed by atoms with Gasteiger partial charge in [0.1, 0.15) is 0 Å². The van der Waals surface area contributed by atoms with E-state index in [-0.39, 0.29) is 0 Å². The number of benzene rings is 12. The smallest absolute Gasteiger partial charge is 0.0894 e. The molecular formula is C68H44N2. The van der Waals surface area contributed by atoms with E-state index in [0.29, 0.717) is 0 Å². The molecule has 0 atom stereocenters. The highest BCUT2D eigenvalue weighted by Gasteiger charge is 2.14. The SMILES string of the molecule is C(=C\c1c2ccccc2cc2ccccc12)/c1nc(/C=C/c2c3ccccc3cc3ccccc23)c(/C=C/c2c3ccccc3cc3ccccc23)nc1/C=C/c1c2ccccc2cc2ccccc12. The van der Waals surface area contributed by atoms with Crippen molar-refractivity contribution in [2.45, 2.75) is 0 Å². The molecule has 0 spiro atoms. The molecule has 0 aliphatic carbocycles. The van der Waals surface area contributed by atoms with E-state index in [0.717, 1.165) is 45.0 Å². The summed E-state index contributed by atoms with van der Waals surface area (Å²) in [6.45, 7) is 0. The number of rotatable bonds is 8. The van der Waals surface area contributed by atoms with Crippen LogP contribution in [0.5, 0.6) is 0 Å². The molecule has 326 valence electrons. The van der Waals surface area contributed by atoms with E-state index >= 15 is 0 Å². The molecule has 0 fully saturated rings. The maximum Gasteiger partial charge on any atom is 0.0894 e. The van der Waals surface area contributed by atoms with E-state index in [1.807, 2.05) is 0 Å². The Morgan fingerprint density at radius 2 is 0.343 bits per heavy atom. The second kappa shape index (κ2) is 17.4. The average molecular weight is 889 g/mol. The van der Waals surface area contributed by atoms with Crippen LogP contribution in [0.15, 0.2) is 218 Å². The van der Waals surface area contributed by atoms with E-state index in [2.05, 4.69) is 267 Å². The van der Waals surface area contributed by atoms with E-state index in [1.54, 1.807) is 0 Å². The largest absolute Gasteiger partial charge is 0.245 e. The third kappa shape index (κ3) is 7.40. The number of hydrogen-bond acceptors (Lipinski definition) is 2. The Hall–Kier alpha value is -9.24. The van der Waals surface area contributed by atoms with Crippen molar-refractivity contribution in [3.63, 3.8) is 0 Å². The summed E-state index contributed by atoms with van der Waals surface area (Å²) in [4.78, 5) is 11.3. The minimum Gasteiger partial charge on any atom is -0.245 e. The molecule has 0 radical (unpaired) electrons. The van der Waals surface area contributed by atoms with Crippen LogP contribution < -0.4 is 0 Å². The topological polar surface area (TPSA) is 25.8 Å². The zero-order chi connectivity index (χ0) is 46.4. The fraction of sp³-hybridized carbons (Fsp3) is 0. The van der Waals surface area contributed by atoms with Gasteiger partial charge in [-0.3, -0.25) is 0 Å². The highest BCUT2D eigenvalue weighted by atomic mass is 14.8. The monoisotopic (exact) mass is 888 g/mol. The highest BCUT2D eigenvalue weighted by molar-refractivity contribution is 6.12. The molecule has 13 aromatic rings. The van der Waals surface area contributed by atoms with Gasteiger partial charge in [-0.15, -0.1) is 0 Å². The maximum absolute atomic E-state index is 5.66. The Morgan fingerprint density at radius 1 is 0.186 bits per heavy atom. The van der Waals surface area contributed by atoms with E-state index < -0.39 is 0 Å². The van der Waals surface area contributed by atoms with Gasteiger partial charge >= 0.3 is 0 Å². The van der Waals surface area contributed by atoms with Gasteiger partial charge in [-0.1, -0.05) is 218 Å². The Morgan fingerprint density at radius 3 is 0.514 bits per heavy atom. The molecule has 70 heavy (non-hydrogen) atoms. The van der Waals surface area contributed by atoms with Gasteiger partial charge in [0.25, 0.3) is 0 Å². The first-order valence-corrected chi connectivity index (χ1v) is 24.0. The Balaban J connectivity index is 1.07. The Labute approximate surface area is 406 Å². The summed E-state index contributed by atoms with van der Waals surface area (Å²) in [6.07, 6.45) is 17.6. The first-order valence-electron chi connectivity index (χ1n) is 24.0. The molecular weight excluding hydrogens is 845 g/mol. The number of nitrogens with zero attached hydrogens (tertiary/aromatic N) is 2. The number of hydrogen-bond donors (Lipinski definition) is 0. The normalized spacial score (nSPS) is 12.3. The van der Waals surface area contributed by atoms with Gasteiger partial charge in [-0.25, -0.2) is 9.97 Å². The third-order valence-electron chi connectivity index (χ3n) is 13.9. The molecule has 12 aromatic carbocycles. The van der Waals surface area contributed by atoms with Crippen LogP contribution in [-0.2, 0) is 0 Å². The van der Waals surface area contributed by atoms with Crippen LogP contribution in [0.4, 0.5) is 0 Å². The summed E-state index contributed by atoms with van der Waals surface area (Å²) in [7, 11) is 0. The molecule has 0 N–H and O–H groups in total. The van der Waals surface area contributed by atoms with Crippen LogP contribution in [-0.4, -0.2) is 9.97 Å². The summed E-state index contributed by atoms with van der Waals surface area (Å²) < 4.78 is 0. The van der Waals surface area contributed by atoms with Crippen molar-refractivity contribution in [1.82, 2.24) is 9.97 Å². The second-order valence-electron chi connectivity index (χ2n) is 18.0. The van der Waals surface area contributed by atoms with Crippen LogP contribution in [0.1, 0.15) is 45.0 Å². The van der Waals surface area contributed by atoms with Gasteiger partial charge in [0.2, 0.25) is 0 Å². The molecule has 0 aliphatic rings. The third-order valence-corrected chi connectivity index (χ3v) is 13.9. The van der Waals surface area contributed by atoms with Crippen molar-refractivity contribution in [1.29, 1.82) is 0 Å². The van der Waals surface area contributed by atoms with Gasteiger partial charge in [0, 0.05) is 0 Å². The fourth-order valence-corrected chi connectivity index (χ4v) is 10.5. The molecule has 2 nitrogen and oxygen atoms in total. The lowest BCUT2D eigenvalue weighted by Crippen LogP contribution is -2.00. The molecule has 0 saturated heterocycles. The zero-order valence-electron chi connectivity index (χ0n) is 38.3. The summed E-state index contributed by atoms with van der Waals surface area (Å²) in [5.74, 6) is 0. The van der Waals surface area contributed by atoms with Gasteiger partial charge in [-0.2, -0.15) is 0 Å². The van der Waals surface area contributed by atoms with E-state index in [1.165, 1.54) is 86.2 Å². The van der Waals surface area contributed by atoms with Crippen LogP contribution in [0.2, 0.25) is 0 Å². The molecule has 0 aliphatic heterocycles. The number of fused-ring (bicyclic) bond motifs is 8. The molecule has 0 amide bonds. The fourth-order valence-electron chi connectivity index (χ4n) is 10.5. The van der Waals surface area contributed by atoms with Crippen molar-refractivity contribution in [3.8, 4) is 0 Å². The van der Waals surface area contributed by atoms with Gasteiger partial charge in [0.15, 0.2) is 0 Å². The predicted octanol–water partition coefficient (Wildman–Crippen LogP) is 18.4. The Kier molecular flexibility index (Phi) is 10.2.